The number of aromatic nitrogens is 1. The summed E-state index contributed by atoms with van der Waals surface area (Å²) in [5.74, 6) is 2.03. The van der Waals surface area contributed by atoms with E-state index in [1.165, 1.54) is 0 Å². The summed E-state index contributed by atoms with van der Waals surface area (Å²) in [6.45, 7) is 10.5. The molecule has 1 aromatic carbocycles. The predicted molar refractivity (Wildman–Crippen MR) is 148 cm³/mol. The molecule has 3 fully saturated rings. The Morgan fingerprint density at radius 1 is 1.24 bits per heavy atom. The van der Waals surface area contributed by atoms with E-state index in [-0.39, 0.29) is 41.2 Å². The first kappa shape index (κ1) is 25.2. The van der Waals surface area contributed by atoms with Gasteiger partial charge < -0.3 is 25.6 Å². The van der Waals surface area contributed by atoms with E-state index in [1.807, 2.05) is 25.3 Å². The second-order valence-electron chi connectivity index (χ2n) is 11.9. The zero-order valence-electron chi connectivity index (χ0n) is 22.7. The highest BCUT2D eigenvalue weighted by Gasteiger charge is 2.49. The van der Waals surface area contributed by atoms with E-state index in [0.29, 0.717) is 12.1 Å². The molecule has 3 unspecified atom stereocenters. The second-order valence-corrected chi connectivity index (χ2v) is 11.9. The minimum Gasteiger partial charge on any atom is -0.486 e. The average molecular weight is 518 g/mol. The lowest BCUT2D eigenvalue weighted by Gasteiger charge is -2.32. The number of anilines is 1. The molecule has 2 saturated heterocycles. The van der Waals surface area contributed by atoms with Crippen molar-refractivity contribution in [2.24, 2.45) is 11.8 Å². The van der Waals surface area contributed by atoms with Crippen LogP contribution in [0, 0.1) is 11.8 Å². The van der Waals surface area contributed by atoms with Crippen molar-refractivity contribution >= 4 is 17.6 Å². The van der Waals surface area contributed by atoms with Gasteiger partial charge in [-0.2, -0.15) is 0 Å². The zero-order valence-corrected chi connectivity index (χ0v) is 22.7. The van der Waals surface area contributed by atoms with Crippen molar-refractivity contribution in [3.05, 3.63) is 41.6 Å². The molecule has 3 aliphatic heterocycles. The summed E-state index contributed by atoms with van der Waals surface area (Å²) >= 11 is 0. The third-order valence-electron chi connectivity index (χ3n) is 9.11. The topological polar surface area (TPSA) is 95.6 Å². The summed E-state index contributed by atoms with van der Waals surface area (Å²) in [7, 11) is 0. The molecule has 202 valence electrons. The molecule has 0 bridgehead atoms. The first-order valence-corrected chi connectivity index (χ1v) is 14.2. The van der Waals surface area contributed by atoms with Crippen molar-refractivity contribution in [3.63, 3.8) is 0 Å². The van der Waals surface area contributed by atoms with E-state index in [4.69, 9.17) is 9.72 Å². The Morgan fingerprint density at radius 3 is 2.79 bits per heavy atom. The number of rotatable bonds is 5. The molecule has 1 aliphatic carbocycles. The number of amides is 2. The maximum Gasteiger partial charge on any atom is 0.251 e. The van der Waals surface area contributed by atoms with Gasteiger partial charge in [-0.15, -0.1) is 0 Å². The zero-order chi connectivity index (χ0) is 26.4. The molecule has 38 heavy (non-hydrogen) atoms. The number of hydrogen-bond acceptors (Lipinski definition) is 6. The van der Waals surface area contributed by atoms with Gasteiger partial charge in [0.1, 0.15) is 17.2 Å². The quantitative estimate of drug-likeness (QED) is 0.562. The van der Waals surface area contributed by atoms with Crippen molar-refractivity contribution < 1.29 is 14.3 Å². The molecule has 3 N–H and O–H groups in total. The second kappa shape index (κ2) is 9.88. The number of nitrogens with one attached hydrogen (secondary N) is 3. The Balaban J connectivity index is 1.29. The summed E-state index contributed by atoms with van der Waals surface area (Å²) < 4.78 is 6.65. The summed E-state index contributed by atoms with van der Waals surface area (Å²) in [4.78, 5) is 33.1. The summed E-state index contributed by atoms with van der Waals surface area (Å²) in [6, 6.07) is 8.30. The molecule has 1 aromatic heterocycles. The Kier molecular flexibility index (Phi) is 6.54. The van der Waals surface area contributed by atoms with Gasteiger partial charge in [0.2, 0.25) is 5.91 Å². The van der Waals surface area contributed by atoms with Crippen LogP contribution >= 0.6 is 0 Å². The standard InChI is InChI=1S/C30H39N5O3/c1-18-13-19(2)34-29(37)24(18)17-33-28(36)21-14-22(27-23(15-21)25-5-4-8-30(25,3)38-27)20-6-7-26(32-16-20)35-11-9-31-10-12-35/h6-7,14-16,18-19,24-25,31H,4-5,8-13,17H2,1-3H3,(H,33,36)(H,34,37)/t18?,19?,24?,25-,30-/m0/s1. The fourth-order valence-corrected chi connectivity index (χ4v) is 6.96. The lowest BCUT2D eigenvalue weighted by molar-refractivity contribution is -0.129. The van der Waals surface area contributed by atoms with Crippen LogP contribution in [0.5, 0.6) is 5.75 Å². The number of piperazine rings is 1. The van der Waals surface area contributed by atoms with E-state index in [9.17, 15) is 9.59 Å². The number of carbonyl (C=O) groups excluding carboxylic acids is 2. The van der Waals surface area contributed by atoms with E-state index in [2.05, 4.69) is 46.8 Å². The minimum atomic E-state index is -0.229. The Labute approximate surface area is 224 Å². The maximum atomic E-state index is 13.5. The number of nitrogens with zero attached hydrogens (tertiary/aromatic N) is 2. The third kappa shape index (κ3) is 4.53. The van der Waals surface area contributed by atoms with E-state index in [1.54, 1.807) is 0 Å². The molecule has 0 radical (unpaired) electrons. The lowest BCUT2D eigenvalue weighted by Crippen LogP contribution is -2.50. The molecule has 4 aliphatic rings. The molecule has 0 spiro atoms. The summed E-state index contributed by atoms with van der Waals surface area (Å²) in [5.41, 5.74) is 3.37. The molecule has 6 rings (SSSR count). The molecule has 2 amide bonds. The van der Waals surface area contributed by atoms with Crippen LogP contribution in [0.4, 0.5) is 5.82 Å². The number of pyridine rings is 1. The minimum absolute atomic E-state index is 0.0250. The molecule has 1 saturated carbocycles. The number of ether oxygens (including phenoxy) is 1. The normalized spacial score (nSPS) is 30.3. The molecular formula is C30H39N5O3. The number of piperidine rings is 1. The highest BCUT2D eigenvalue weighted by Crippen LogP contribution is 2.56. The highest BCUT2D eigenvalue weighted by atomic mass is 16.5. The van der Waals surface area contributed by atoms with Gasteiger partial charge in [0, 0.05) is 73.1 Å². The molecule has 8 heteroatoms. The van der Waals surface area contributed by atoms with Crippen LogP contribution in [-0.2, 0) is 4.79 Å². The van der Waals surface area contributed by atoms with Gasteiger partial charge >= 0.3 is 0 Å². The molecule has 8 nitrogen and oxygen atoms in total. The van der Waals surface area contributed by atoms with E-state index >= 15 is 0 Å². The first-order chi connectivity index (χ1) is 18.3. The van der Waals surface area contributed by atoms with Gasteiger partial charge in [0.05, 0.1) is 5.92 Å². The number of hydrogen-bond donors (Lipinski definition) is 3. The Hall–Kier alpha value is -3.13. The average Bonchev–Trinajstić information content (AvgIpc) is 3.42. The highest BCUT2D eigenvalue weighted by molar-refractivity contribution is 5.97. The molecular weight excluding hydrogens is 478 g/mol. The summed E-state index contributed by atoms with van der Waals surface area (Å²) in [5, 5.41) is 9.47. The van der Waals surface area contributed by atoms with Crippen LogP contribution in [0.1, 0.15) is 68.3 Å². The fraction of sp³-hybridized carbons (Fsp3) is 0.567. The van der Waals surface area contributed by atoms with Crippen LogP contribution in [-0.4, -0.2) is 61.2 Å². The summed E-state index contributed by atoms with van der Waals surface area (Å²) in [6.07, 6.45) is 6.03. The number of fused-ring (bicyclic) bond motifs is 3. The van der Waals surface area contributed by atoms with Gasteiger partial charge in [-0.25, -0.2) is 4.98 Å². The van der Waals surface area contributed by atoms with Gasteiger partial charge in [-0.1, -0.05) is 6.92 Å². The lowest BCUT2D eigenvalue weighted by atomic mass is 9.84. The van der Waals surface area contributed by atoms with Gasteiger partial charge in [-0.3, -0.25) is 9.59 Å². The third-order valence-corrected chi connectivity index (χ3v) is 9.11. The number of benzene rings is 1. The van der Waals surface area contributed by atoms with Crippen molar-refractivity contribution in [2.45, 2.75) is 64.0 Å². The Morgan fingerprint density at radius 2 is 2.05 bits per heavy atom. The van der Waals surface area contributed by atoms with Crippen LogP contribution < -0.4 is 25.6 Å². The van der Waals surface area contributed by atoms with Crippen LogP contribution in [0.2, 0.25) is 0 Å². The van der Waals surface area contributed by atoms with Crippen LogP contribution in [0.25, 0.3) is 11.1 Å². The van der Waals surface area contributed by atoms with Gasteiger partial charge in [0.25, 0.3) is 5.91 Å². The number of carbonyl (C=O) groups is 2. The Bertz CT molecular complexity index is 1230. The molecule has 2 aromatic rings. The van der Waals surface area contributed by atoms with Crippen LogP contribution in [0.15, 0.2) is 30.5 Å². The van der Waals surface area contributed by atoms with Crippen molar-refractivity contribution in [1.82, 2.24) is 20.9 Å². The van der Waals surface area contributed by atoms with Crippen LogP contribution in [0.3, 0.4) is 0 Å². The van der Waals surface area contributed by atoms with E-state index < -0.39 is 0 Å². The largest absolute Gasteiger partial charge is 0.486 e. The van der Waals surface area contributed by atoms with Gasteiger partial charge in [0.15, 0.2) is 0 Å². The fourth-order valence-electron chi connectivity index (χ4n) is 6.96. The maximum absolute atomic E-state index is 13.5. The van der Waals surface area contributed by atoms with Gasteiger partial charge in [-0.05, 0) is 69.7 Å². The monoisotopic (exact) mass is 517 g/mol. The molecule has 4 heterocycles. The van der Waals surface area contributed by atoms with Crippen molar-refractivity contribution in [3.8, 4) is 16.9 Å². The van der Waals surface area contributed by atoms with E-state index in [0.717, 1.165) is 80.1 Å². The SMILES string of the molecule is CC1CC(C)C(CNC(=O)c2cc(-c3ccc(N4CCNCC4)nc3)c3c(c2)[C@@H]2CCC[C@]2(C)O3)C(=O)N1. The predicted octanol–water partition coefficient (Wildman–Crippen LogP) is 3.47. The van der Waals surface area contributed by atoms with Crippen molar-refractivity contribution in [2.75, 3.05) is 37.6 Å². The van der Waals surface area contributed by atoms with Crippen molar-refractivity contribution in [1.29, 1.82) is 0 Å². The first-order valence-electron chi connectivity index (χ1n) is 14.2. The smallest absolute Gasteiger partial charge is 0.251 e. The molecule has 5 atom stereocenters.